The maximum absolute atomic E-state index is 11.1. The van der Waals surface area contributed by atoms with Crippen LogP contribution in [-0.4, -0.2) is 22.8 Å². The van der Waals surface area contributed by atoms with E-state index in [1.165, 1.54) is 0 Å². The predicted octanol–water partition coefficient (Wildman–Crippen LogP) is 2.25. The fourth-order valence-electron chi connectivity index (χ4n) is 1.95. The second kappa shape index (κ2) is 3.98. The van der Waals surface area contributed by atoms with Crippen molar-refractivity contribution in [3.63, 3.8) is 0 Å². The maximum atomic E-state index is 11.1. The SMILES string of the molecule is COCn1c(C(=O)O)cc2cccc(C)c21. The van der Waals surface area contributed by atoms with Gasteiger partial charge < -0.3 is 14.4 Å². The monoisotopic (exact) mass is 219 g/mol. The van der Waals surface area contributed by atoms with Gasteiger partial charge in [0.1, 0.15) is 12.4 Å². The third-order valence-electron chi connectivity index (χ3n) is 2.60. The number of ether oxygens (including phenoxy) is 1. The first-order chi connectivity index (χ1) is 7.65. The van der Waals surface area contributed by atoms with E-state index in [0.717, 1.165) is 16.5 Å². The van der Waals surface area contributed by atoms with Crippen LogP contribution in [0.4, 0.5) is 0 Å². The van der Waals surface area contributed by atoms with E-state index in [0.29, 0.717) is 0 Å². The van der Waals surface area contributed by atoms with Crippen molar-refractivity contribution in [1.82, 2.24) is 4.57 Å². The first-order valence-electron chi connectivity index (χ1n) is 4.96. The fourth-order valence-corrected chi connectivity index (χ4v) is 1.95. The Bertz CT molecular complexity index is 542. The zero-order valence-electron chi connectivity index (χ0n) is 9.23. The molecular weight excluding hydrogens is 206 g/mol. The summed E-state index contributed by atoms with van der Waals surface area (Å²) >= 11 is 0. The lowest BCUT2D eigenvalue weighted by Gasteiger charge is -2.08. The molecule has 1 heterocycles. The van der Waals surface area contributed by atoms with Gasteiger partial charge in [-0.1, -0.05) is 18.2 Å². The van der Waals surface area contributed by atoms with Crippen molar-refractivity contribution in [2.75, 3.05) is 7.11 Å². The Morgan fingerprint density at radius 2 is 2.25 bits per heavy atom. The molecule has 0 spiro atoms. The van der Waals surface area contributed by atoms with Crippen LogP contribution in [0.2, 0.25) is 0 Å². The van der Waals surface area contributed by atoms with Gasteiger partial charge in [-0.2, -0.15) is 0 Å². The molecule has 16 heavy (non-hydrogen) atoms. The Kier molecular flexibility index (Phi) is 2.66. The quantitative estimate of drug-likeness (QED) is 0.861. The number of aryl methyl sites for hydroxylation is 1. The standard InChI is InChI=1S/C12H13NO3/c1-8-4-3-5-9-6-10(12(14)15)13(7-16-2)11(8)9/h3-6H,7H2,1-2H3,(H,14,15). The molecule has 0 aliphatic heterocycles. The molecule has 0 atom stereocenters. The zero-order chi connectivity index (χ0) is 11.7. The van der Waals surface area contributed by atoms with Gasteiger partial charge in [0.25, 0.3) is 0 Å². The van der Waals surface area contributed by atoms with Crippen molar-refractivity contribution in [3.05, 3.63) is 35.5 Å². The van der Waals surface area contributed by atoms with Crippen molar-refractivity contribution in [2.45, 2.75) is 13.7 Å². The van der Waals surface area contributed by atoms with Crippen LogP contribution in [0.25, 0.3) is 10.9 Å². The molecule has 84 valence electrons. The predicted molar refractivity (Wildman–Crippen MR) is 60.6 cm³/mol. The van der Waals surface area contributed by atoms with Gasteiger partial charge in [0.05, 0.1) is 5.52 Å². The fraction of sp³-hybridized carbons (Fsp3) is 0.250. The molecule has 2 aromatic rings. The van der Waals surface area contributed by atoms with Gasteiger partial charge in [0.15, 0.2) is 0 Å². The average molecular weight is 219 g/mol. The Labute approximate surface area is 93.1 Å². The van der Waals surface area contributed by atoms with Crippen LogP contribution < -0.4 is 0 Å². The highest BCUT2D eigenvalue weighted by molar-refractivity contribution is 5.95. The molecule has 0 aliphatic carbocycles. The largest absolute Gasteiger partial charge is 0.477 e. The molecule has 0 unspecified atom stereocenters. The molecule has 4 nitrogen and oxygen atoms in total. The highest BCUT2D eigenvalue weighted by Gasteiger charge is 2.15. The van der Waals surface area contributed by atoms with E-state index in [1.54, 1.807) is 17.7 Å². The second-order valence-corrected chi connectivity index (χ2v) is 3.69. The number of hydrogen-bond donors (Lipinski definition) is 1. The van der Waals surface area contributed by atoms with Gasteiger partial charge in [-0.05, 0) is 18.6 Å². The number of benzene rings is 1. The van der Waals surface area contributed by atoms with Crippen LogP contribution in [0.1, 0.15) is 16.1 Å². The van der Waals surface area contributed by atoms with Crippen LogP contribution in [-0.2, 0) is 11.5 Å². The first kappa shape index (κ1) is 10.7. The summed E-state index contributed by atoms with van der Waals surface area (Å²) in [6, 6.07) is 7.45. The van der Waals surface area contributed by atoms with Gasteiger partial charge in [0, 0.05) is 12.5 Å². The molecule has 0 bridgehead atoms. The molecule has 1 N–H and O–H groups in total. The van der Waals surface area contributed by atoms with Gasteiger partial charge in [-0.3, -0.25) is 0 Å². The number of carboxylic acid groups (broad SMARTS) is 1. The number of aromatic nitrogens is 1. The van der Waals surface area contributed by atoms with E-state index in [-0.39, 0.29) is 12.4 Å². The van der Waals surface area contributed by atoms with Crippen LogP contribution in [0.3, 0.4) is 0 Å². The van der Waals surface area contributed by atoms with Gasteiger partial charge in [0.2, 0.25) is 0 Å². The minimum atomic E-state index is -0.937. The molecule has 0 fully saturated rings. The number of rotatable bonds is 3. The Balaban J connectivity index is 2.77. The van der Waals surface area contributed by atoms with Gasteiger partial charge in [-0.25, -0.2) is 4.79 Å². The third kappa shape index (κ3) is 1.57. The molecular formula is C12H13NO3. The number of nitrogens with zero attached hydrogens (tertiary/aromatic N) is 1. The zero-order valence-corrected chi connectivity index (χ0v) is 9.23. The molecule has 1 aromatic carbocycles. The van der Waals surface area contributed by atoms with Gasteiger partial charge >= 0.3 is 5.97 Å². The van der Waals surface area contributed by atoms with Gasteiger partial charge in [-0.15, -0.1) is 0 Å². The summed E-state index contributed by atoms with van der Waals surface area (Å²) in [6.45, 7) is 2.20. The number of carbonyl (C=O) groups is 1. The number of fused-ring (bicyclic) bond motifs is 1. The summed E-state index contributed by atoms with van der Waals surface area (Å²) in [5.74, 6) is -0.937. The Morgan fingerprint density at radius 1 is 1.50 bits per heavy atom. The number of carboxylic acids is 1. The van der Waals surface area contributed by atoms with E-state index in [9.17, 15) is 4.79 Å². The topological polar surface area (TPSA) is 51.5 Å². The van der Waals surface area contributed by atoms with E-state index >= 15 is 0 Å². The molecule has 1 aromatic heterocycles. The van der Waals surface area contributed by atoms with E-state index < -0.39 is 5.97 Å². The molecule has 2 rings (SSSR count). The number of para-hydroxylation sites is 1. The molecule has 0 aliphatic rings. The number of aromatic carboxylic acids is 1. The summed E-state index contributed by atoms with van der Waals surface area (Å²) in [5.41, 5.74) is 2.22. The minimum absolute atomic E-state index is 0.246. The molecule has 0 saturated heterocycles. The molecule has 0 amide bonds. The van der Waals surface area contributed by atoms with Crippen molar-refractivity contribution in [3.8, 4) is 0 Å². The summed E-state index contributed by atoms with van der Waals surface area (Å²) in [7, 11) is 1.55. The molecule has 0 saturated carbocycles. The first-order valence-corrected chi connectivity index (χ1v) is 4.96. The molecule has 4 heteroatoms. The average Bonchev–Trinajstić information content (AvgIpc) is 2.59. The van der Waals surface area contributed by atoms with Crippen molar-refractivity contribution < 1.29 is 14.6 Å². The lowest BCUT2D eigenvalue weighted by Crippen LogP contribution is -2.09. The lowest BCUT2D eigenvalue weighted by molar-refractivity contribution is 0.0664. The normalized spacial score (nSPS) is 10.9. The summed E-state index contributed by atoms with van der Waals surface area (Å²) in [5, 5.41) is 10.0. The lowest BCUT2D eigenvalue weighted by atomic mass is 10.2. The second-order valence-electron chi connectivity index (χ2n) is 3.69. The summed E-state index contributed by atoms with van der Waals surface area (Å²) in [4.78, 5) is 11.1. The summed E-state index contributed by atoms with van der Waals surface area (Å²) < 4.78 is 6.71. The maximum Gasteiger partial charge on any atom is 0.352 e. The van der Waals surface area contributed by atoms with E-state index in [4.69, 9.17) is 9.84 Å². The van der Waals surface area contributed by atoms with Crippen LogP contribution in [0, 0.1) is 6.92 Å². The highest BCUT2D eigenvalue weighted by Crippen LogP contribution is 2.23. The smallest absolute Gasteiger partial charge is 0.352 e. The third-order valence-corrected chi connectivity index (χ3v) is 2.60. The van der Waals surface area contributed by atoms with Crippen molar-refractivity contribution in [1.29, 1.82) is 0 Å². The van der Waals surface area contributed by atoms with E-state index in [2.05, 4.69) is 0 Å². The van der Waals surface area contributed by atoms with E-state index in [1.807, 2.05) is 25.1 Å². The van der Waals surface area contributed by atoms with Crippen molar-refractivity contribution in [2.24, 2.45) is 0 Å². The highest BCUT2D eigenvalue weighted by atomic mass is 16.5. The van der Waals surface area contributed by atoms with Crippen LogP contribution in [0.5, 0.6) is 0 Å². The van der Waals surface area contributed by atoms with Crippen LogP contribution in [0.15, 0.2) is 24.3 Å². The molecule has 0 radical (unpaired) electrons. The van der Waals surface area contributed by atoms with Crippen molar-refractivity contribution >= 4 is 16.9 Å². The Hall–Kier alpha value is -1.81. The number of hydrogen-bond acceptors (Lipinski definition) is 2. The summed E-state index contributed by atoms with van der Waals surface area (Å²) in [6.07, 6.45) is 0. The minimum Gasteiger partial charge on any atom is -0.477 e. The Morgan fingerprint density at radius 3 is 2.88 bits per heavy atom. The number of methoxy groups -OCH3 is 1. The van der Waals surface area contributed by atoms with Crippen LogP contribution >= 0.6 is 0 Å².